The second kappa shape index (κ2) is 15.2. The number of likely N-dealkylation sites (tertiary alicyclic amines) is 1. The summed E-state index contributed by atoms with van der Waals surface area (Å²) in [6.07, 6.45) is 3.69. The third kappa shape index (κ3) is 6.56. The van der Waals surface area contributed by atoms with E-state index in [1.165, 1.54) is 4.90 Å². The smallest absolute Gasteiger partial charge is 0.313 e. The molecular formula is C38H46N6O7. The number of aromatic nitrogens is 3. The van der Waals surface area contributed by atoms with Crippen molar-refractivity contribution >= 4 is 34.7 Å². The van der Waals surface area contributed by atoms with Crippen molar-refractivity contribution in [3.8, 4) is 0 Å². The molecule has 8 atom stereocenters. The topological polar surface area (TPSA) is 156 Å². The fraction of sp³-hybridized carbons (Fsp3) is 0.474. The first-order valence-electron chi connectivity index (χ1n) is 17.6. The summed E-state index contributed by atoms with van der Waals surface area (Å²) in [4.78, 5) is 59.4. The lowest BCUT2D eigenvalue weighted by molar-refractivity contribution is -0.162. The highest BCUT2D eigenvalue weighted by Gasteiger charge is 2.75. The molecule has 13 heteroatoms. The number of allylic oxidation sites excluding steroid dienone is 1. The third-order valence-corrected chi connectivity index (χ3v) is 10.5. The number of aliphatic hydroxyl groups excluding tert-OH is 1. The molecule has 0 radical (unpaired) electrons. The molecule has 51 heavy (non-hydrogen) atoms. The Morgan fingerprint density at radius 3 is 2.61 bits per heavy atom. The summed E-state index contributed by atoms with van der Waals surface area (Å²) in [6.45, 7) is 11.0. The number of carbonyl (C=O) groups is 4. The minimum Gasteiger partial charge on any atom is -0.455 e. The first kappa shape index (κ1) is 35.9. The number of rotatable bonds is 16. The van der Waals surface area contributed by atoms with Gasteiger partial charge in [-0.15, -0.1) is 18.3 Å². The zero-order valence-corrected chi connectivity index (χ0v) is 29.1. The van der Waals surface area contributed by atoms with E-state index in [-0.39, 0.29) is 32.1 Å². The number of fused-ring (bicyclic) bond motifs is 2. The second-order valence-corrected chi connectivity index (χ2v) is 13.6. The molecule has 2 N–H and O–H groups in total. The Bertz CT molecular complexity index is 1780. The van der Waals surface area contributed by atoms with Gasteiger partial charge >= 0.3 is 5.97 Å². The predicted molar refractivity (Wildman–Crippen MR) is 187 cm³/mol. The maximum Gasteiger partial charge on any atom is 0.313 e. The SMILES string of the molecule is C=CCCC(=O)N[C@H](C)[C@@H](OC(=O)[C@@H]1[C@@H]2CC[C@]3(O2)[C@H](C(=O)N(CC=C)Cn2nnc4ccccc42)N([C@@H](CC)CO)C(=O)[C@@H]13)c1ccccc1. The summed E-state index contributed by atoms with van der Waals surface area (Å²) >= 11 is 0. The lowest BCUT2D eigenvalue weighted by atomic mass is 9.70. The number of benzene rings is 2. The third-order valence-electron chi connectivity index (χ3n) is 10.5. The van der Waals surface area contributed by atoms with Crippen LogP contribution >= 0.6 is 0 Å². The monoisotopic (exact) mass is 698 g/mol. The number of nitrogens with one attached hydrogen (secondary N) is 1. The second-order valence-electron chi connectivity index (χ2n) is 13.6. The minimum absolute atomic E-state index is 0.0324. The van der Waals surface area contributed by atoms with Crippen molar-refractivity contribution in [1.29, 1.82) is 0 Å². The van der Waals surface area contributed by atoms with Gasteiger partial charge in [-0.2, -0.15) is 0 Å². The standard InChI is InChI=1S/C38H46N6O7/c1-5-8-18-30(46)39-24(4)33(25-14-10-9-11-15-25)50-37(49)31-29-19-20-38(51-29)32(31)35(47)44(26(7-3)22-45)34(38)36(48)42(21-6-2)23-43-28-17-13-12-16-27(28)40-41-43/h5-6,9-17,24,26,29,31-34,45H,1-2,7-8,18-23H2,3-4H3,(H,39,46)/t24-,26+,29+,31-,32-,33-,34+,38-/m1/s1. The number of carbonyl (C=O) groups excluding carboxylic acids is 4. The van der Waals surface area contributed by atoms with Crippen LogP contribution in [0.3, 0.4) is 0 Å². The summed E-state index contributed by atoms with van der Waals surface area (Å²) in [6, 6.07) is 14.1. The number of ether oxygens (including phenoxy) is 2. The van der Waals surface area contributed by atoms with E-state index in [0.717, 1.165) is 5.52 Å². The van der Waals surface area contributed by atoms with Gasteiger partial charge < -0.3 is 29.7 Å². The summed E-state index contributed by atoms with van der Waals surface area (Å²) in [5.41, 5.74) is 0.767. The molecule has 4 heterocycles. The molecule has 0 saturated carbocycles. The average molecular weight is 699 g/mol. The van der Waals surface area contributed by atoms with Gasteiger partial charge in [0.2, 0.25) is 17.7 Å². The lowest BCUT2D eigenvalue weighted by Crippen LogP contribution is -2.58. The molecule has 0 unspecified atom stereocenters. The molecule has 3 aromatic rings. The van der Waals surface area contributed by atoms with E-state index < -0.39 is 65.6 Å². The summed E-state index contributed by atoms with van der Waals surface area (Å²) in [5, 5.41) is 21.9. The van der Waals surface area contributed by atoms with Crippen molar-refractivity contribution in [2.24, 2.45) is 11.8 Å². The number of hydrogen-bond acceptors (Lipinski definition) is 9. The van der Waals surface area contributed by atoms with Crippen molar-refractivity contribution in [2.75, 3.05) is 13.2 Å². The zero-order chi connectivity index (χ0) is 36.3. The Kier molecular flexibility index (Phi) is 10.7. The molecule has 3 aliphatic heterocycles. The zero-order valence-electron chi connectivity index (χ0n) is 29.1. The van der Waals surface area contributed by atoms with Gasteiger partial charge in [-0.3, -0.25) is 19.2 Å². The number of amides is 3. The van der Waals surface area contributed by atoms with Crippen LogP contribution in [0.15, 0.2) is 79.9 Å². The van der Waals surface area contributed by atoms with Crippen LogP contribution in [0, 0.1) is 11.8 Å². The molecular weight excluding hydrogens is 652 g/mol. The molecule has 2 bridgehead atoms. The van der Waals surface area contributed by atoms with Crippen LogP contribution in [-0.4, -0.2) is 96.6 Å². The molecule has 2 aromatic carbocycles. The van der Waals surface area contributed by atoms with E-state index >= 15 is 0 Å². The minimum atomic E-state index is -1.32. The van der Waals surface area contributed by atoms with E-state index in [4.69, 9.17) is 9.47 Å². The van der Waals surface area contributed by atoms with E-state index in [2.05, 4.69) is 28.8 Å². The molecule has 6 rings (SSSR count). The van der Waals surface area contributed by atoms with Crippen LogP contribution in [0.5, 0.6) is 0 Å². The molecule has 13 nitrogen and oxygen atoms in total. The highest BCUT2D eigenvalue weighted by atomic mass is 16.6. The first-order chi connectivity index (χ1) is 24.7. The summed E-state index contributed by atoms with van der Waals surface area (Å²) in [7, 11) is 0. The maximum absolute atomic E-state index is 14.8. The molecule has 0 aliphatic carbocycles. The number of nitrogens with zero attached hydrogens (tertiary/aromatic N) is 5. The predicted octanol–water partition coefficient (Wildman–Crippen LogP) is 3.30. The Hall–Kier alpha value is -4.88. The van der Waals surface area contributed by atoms with Gasteiger partial charge in [0.1, 0.15) is 29.9 Å². The quantitative estimate of drug-likeness (QED) is 0.169. The van der Waals surface area contributed by atoms with Crippen LogP contribution < -0.4 is 5.32 Å². The van der Waals surface area contributed by atoms with Crippen LogP contribution in [0.1, 0.15) is 57.6 Å². The Morgan fingerprint density at radius 1 is 1.16 bits per heavy atom. The van der Waals surface area contributed by atoms with Crippen LogP contribution in [0.2, 0.25) is 0 Å². The van der Waals surface area contributed by atoms with Gasteiger partial charge in [0.05, 0.1) is 42.1 Å². The Labute approximate surface area is 297 Å². The van der Waals surface area contributed by atoms with Crippen molar-refractivity contribution < 1.29 is 33.8 Å². The molecule has 3 amide bonds. The van der Waals surface area contributed by atoms with Crippen LogP contribution in [-0.2, 0) is 35.3 Å². The fourth-order valence-corrected chi connectivity index (χ4v) is 8.12. The number of para-hydroxylation sites is 1. The van der Waals surface area contributed by atoms with Gasteiger partial charge in [0, 0.05) is 13.0 Å². The summed E-state index contributed by atoms with van der Waals surface area (Å²) < 4.78 is 14.5. The van der Waals surface area contributed by atoms with E-state index in [1.807, 2.05) is 61.5 Å². The number of aliphatic hydroxyl groups is 1. The largest absolute Gasteiger partial charge is 0.455 e. The first-order valence-corrected chi connectivity index (χ1v) is 17.6. The van der Waals surface area contributed by atoms with Crippen molar-refractivity contribution in [1.82, 2.24) is 30.1 Å². The fourth-order valence-electron chi connectivity index (χ4n) is 8.12. The molecule has 3 aliphatic rings. The van der Waals surface area contributed by atoms with Crippen molar-refractivity contribution in [3.05, 3.63) is 85.5 Å². The Balaban J connectivity index is 1.32. The van der Waals surface area contributed by atoms with Gasteiger partial charge in [-0.25, -0.2) is 4.68 Å². The lowest BCUT2D eigenvalue weighted by Gasteiger charge is -2.39. The van der Waals surface area contributed by atoms with Crippen molar-refractivity contribution in [3.63, 3.8) is 0 Å². The van der Waals surface area contributed by atoms with Gasteiger partial charge in [0.15, 0.2) is 0 Å². The molecule has 3 fully saturated rings. The maximum atomic E-state index is 14.8. The van der Waals surface area contributed by atoms with Crippen molar-refractivity contribution in [2.45, 2.75) is 88.6 Å². The molecule has 3 saturated heterocycles. The molecule has 1 spiro atoms. The van der Waals surface area contributed by atoms with E-state index in [9.17, 15) is 24.3 Å². The highest BCUT2D eigenvalue weighted by molar-refractivity contribution is 5.98. The highest BCUT2D eigenvalue weighted by Crippen LogP contribution is 2.59. The normalized spacial score (nSPS) is 25.2. The van der Waals surface area contributed by atoms with E-state index in [1.54, 1.807) is 28.7 Å². The van der Waals surface area contributed by atoms with Gasteiger partial charge in [-0.05, 0) is 50.3 Å². The van der Waals surface area contributed by atoms with Crippen LogP contribution in [0.4, 0.5) is 0 Å². The number of hydrogen-bond donors (Lipinski definition) is 2. The summed E-state index contributed by atoms with van der Waals surface area (Å²) in [5.74, 6) is -3.67. The van der Waals surface area contributed by atoms with Crippen LogP contribution in [0.25, 0.3) is 11.0 Å². The van der Waals surface area contributed by atoms with E-state index in [0.29, 0.717) is 36.8 Å². The van der Waals surface area contributed by atoms with Gasteiger partial charge in [-0.1, -0.05) is 66.8 Å². The average Bonchev–Trinajstić information content (AvgIpc) is 3.90. The Morgan fingerprint density at radius 2 is 1.90 bits per heavy atom. The van der Waals surface area contributed by atoms with Gasteiger partial charge in [0.25, 0.3) is 0 Å². The number of esters is 1. The molecule has 270 valence electrons. The molecule has 1 aromatic heterocycles.